The molecule has 0 aliphatic rings. The molecule has 0 aliphatic heterocycles. The van der Waals surface area contributed by atoms with E-state index in [0.717, 1.165) is 6.07 Å². The highest BCUT2D eigenvalue weighted by atomic mass is 79.9. The Bertz CT molecular complexity index is 890. The highest BCUT2D eigenvalue weighted by Gasteiger charge is 2.15. The molecule has 3 aromatic rings. The van der Waals surface area contributed by atoms with E-state index in [1.165, 1.54) is 16.8 Å². The minimum atomic E-state index is -0.737. The van der Waals surface area contributed by atoms with Gasteiger partial charge in [-0.15, -0.1) is 0 Å². The molecule has 102 valence electrons. The normalized spacial score (nSPS) is 11.2. The Morgan fingerprint density at radius 2 is 2.00 bits per heavy atom. The molecule has 0 atom stereocenters. The van der Waals surface area contributed by atoms with E-state index >= 15 is 0 Å². The second kappa shape index (κ2) is 4.91. The predicted octanol–water partition coefficient (Wildman–Crippen LogP) is 4.78. The van der Waals surface area contributed by atoms with Crippen LogP contribution in [0.5, 0.6) is 0 Å². The van der Waals surface area contributed by atoms with Gasteiger partial charge < -0.3 is 4.98 Å². The molecular formula is C12H5BrClF2N3S. The molecule has 0 bridgehead atoms. The zero-order valence-electron chi connectivity index (χ0n) is 9.62. The average Bonchev–Trinajstić information content (AvgIpc) is 2.69. The van der Waals surface area contributed by atoms with E-state index in [-0.39, 0.29) is 14.9 Å². The number of hydrogen-bond donors (Lipinski definition) is 1. The molecule has 1 N–H and O–H groups in total. The zero-order valence-corrected chi connectivity index (χ0v) is 12.8. The van der Waals surface area contributed by atoms with Crippen molar-refractivity contribution in [3.8, 4) is 5.69 Å². The van der Waals surface area contributed by atoms with Gasteiger partial charge in [0.1, 0.15) is 11.6 Å². The van der Waals surface area contributed by atoms with Crippen LogP contribution in [0.25, 0.3) is 16.9 Å². The van der Waals surface area contributed by atoms with Gasteiger partial charge >= 0.3 is 0 Å². The molecule has 0 amide bonds. The highest BCUT2D eigenvalue weighted by Crippen LogP contribution is 2.26. The van der Waals surface area contributed by atoms with Gasteiger partial charge in [-0.1, -0.05) is 11.6 Å². The van der Waals surface area contributed by atoms with Crippen molar-refractivity contribution in [1.82, 2.24) is 14.5 Å². The lowest BCUT2D eigenvalue weighted by atomic mass is 10.3. The van der Waals surface area contributed by atoms with Crippen molar-refractivity contribution in [3.05, 3.63) is 50.3 Å². The molecule has 2 aromatic heterocycles. The molecule has 0 saturated carbocycles. The summed E-state index contributed by atoms with van der Waals surface area (Å²) in [5.41, 5.74) is 1.09. The highest BCUT2D eigenvalue weighted by molar-refractivity contribution is 9.10. The number of hydrogen-bond acceptors (Lipinski definition) is 2. The van der Waals surface area contributed by atoms with Crippen LogP contribution in [0, 0.1) is 16.4 Å². The van der Waals surface area contributed by atoms with E-state index in [1.807, 2.05) is 0 Å². The van der Waals surface area contributed by atoms with E-state index in [2.05, 4.69) is 25.9 Å². The first kappa shape index (κ1) is 13.7. The van der Waals surface area contributed by atoms with Crippen molar-refractivity contribution in [2.24, 2.45) is 0 Å². The molecule has 0 spiro atoms. The first-order valence-electron chi connectivity index (χ1n) is 5.38. The molecule has 2 heterocycles. The van der Waals surface area contributed by atoms with Gasteiger partial charge in [0.25, 0.3) is 0 Å². The van der Waals surface area contributed by atoms with E-state index < -0.39 is 11.6 Å². The van der Waals surface area contributed by atoms with Crippen molar-refractivity contribution in [2.45, 2.75) is 0 Å². The fourth-order valence-corrected chi connectivity index (χ4v) is 2.66. The Kier molecular flexibility index (Phi) is 3.35. The van der Waals surface area contributed by atoms with Gasteiger partial charge in [0, 0.05) is 12.3 Å². The average molecular weight is 377 g/mol. The summed E-state index contributed by atoms with van der Waals surface area (Å²) in [6, 6.07) is 3.73. The lowest BCUT2D eigenvalue weighted by Gasteiger charge is -2.07. The molecule has 0 radical (unpaired) electrons. The minimum absolute atomic E-state index is 0.101. The number of rotatable bonds is 1. The SMILES string of the molecule is Fc1cc(F)c(-n2c(=S)[nH]c3cc(Cl)cnc32)cc1Br. The smallest absolute Gasteiger partial charge is 0.184 e. The number of aromatic nitrogens is 3. The van der Waals surface area contributed by atoms with E-state index in [9.17, 15) is 8.78 Å². The molecule has 1 aromatic carbocycles. The monoisotopic (exact) mass is 375 g/mol. The van der Waals surface area contributed by atoms with Gasteiger partial charge in [0.15, 0.2) is 10.4 Å². The summed E-state index contributed by atoms with van der Waals surface area (Å²) >= 11 is 14.0. The van der Waals surface area contributed by atoms with Crippen LogP contribution in [0.15, 0.2) is 28.9 Å². The van der Waals surface area contributed by atoms with Crippen LogP contribution >= 0.6 is 39.7 Å². The molecule has 20 heavy (non-hydrogen) atoms. The van der Waals surface area contributed by atoms with Gasteiger partial charge in [0.05, 0.1) is 20.7 Å². The number of imidazole rings is 1. The molecule has 0 aliphatic carbocycles. The molecule has 0 saturated heterocycles. The number of H-pyrrole nitrogens is 1. The first-order chi connectivity index (χ1) is 9.47. The van der Waals surface area contributed by atoms with Crippen LogP contribution in [-0.2, 0) is 0 Å². The minimum Gasteiger partial charge on any atom is -0.329 e. The van der Waals surface area contributed by atoms with E-state index in [4.69, 9.17) is 23.8 Å². The van der Waals surface area contributed by atoms with Crippen molar-refractivity contribution in [2.75, 3.05) is 0 Å². The Hall–Kier alpha value is -1.31. The molecule has 0 unspecified atom stereocenters. The summed E-state index contributed by atoms with van der Waals surface area (Å²) in [5.74, 6) is -1.42. The van der Waals surface area contributed by atoms with Crippen molar-refractivity contribution in [1.29, 1.82) is 0 Å². The van der Waals surface area contributed by atoms with Crippen molar-refractivity contribution in [3.63, 3.8) is 0 Å². The molecule has 8 heteroatoms. The second-order valence-electron chi connectivity index (χ2n) is 4.01. The fourth-order valence-electron chi connectivity index (χ4n) is 1.88. The third-order valence-electron chi connectivity index (χ3n) is 2.72. The van der Waals surface area contributed by atoms with Gasteiger partial charge in [0.2, 0.25) is 0 Å². The number of fused-ring (bicyclic) bond motifs is 1. The summed E-state index contributed by atoms with van der Waals surface area (Å²) in [5, 5.41) is 0.432. The van der Waals surface area contributed by atoms with Crippen LogP contribution in [0.4, 0.5) is 8.78 Å². The summed E-state index contributed by atoms with van der Waals surface area (Å²) in [4.78, 5) is 7.01. The summed E-state index contributed by atoms with van der Waals surface area (Å²) in [6.07, 6.45) is 1.43. The topological polar surface area (TPSA) is 33.6 Å². The van der Waals surface area contributed by atoms with Gasteiger partial charge in [-0.05, 0) is 40.3 Å². The third kappa shape index (κ3) is 2.15. The number of nitrogens with zero attached hydrogens (tertiary/aromatic N) is 2. The largest absolute Gasteiger partial charge is 0.329 e. The number of aromatic amines is 1. The maximum Gasteiger partial charge on any atom is 0.184 e. The fraction of sp³-hybridized carbons (Fsp3) is 0. The Labute approximate surface area is 130 Å². The number of benzene rings is 1. The summed E-state index contributed by atoms with van der Waals surface area (Å²) in [7, 11) is 0. The van der Waals surface area contributed by atoms with Gasteiger partial charge in [-0.2, -0.15) is 0 Å². The Balaban J connectivity index is 2.38. The van der Waals surface area contributed by atoms with E-state index in [0.29, 0.717) is 16.2 Å². The summed E-state index contributed by atoms with van der Waals surface area (Å²) < 4.78 is 29.1. The molecule has 0 fully saturated rings. The number of pyridine rings is 1. The Morgan fingerprint density at radius 3 is 2.75 bits per heavy atom. The first-order valence-corrected chi connectivity index (χ1v) is 6.96. The van der Waals surface area contributed by atoms with Gasteiger partial charge in [-0.25, -0.2) is 13.8 Å². The van der Waals surface area contributed by atoms with Crippen LogP contribution in [0.1, 0.15) is 0 Å². The quantitative estimate of drug-likeness (QED) is 0.490. The predicted molar refractivity (Wildman–Crippen MR) is 78.9 cm³/mol. The molecule has 3 rings (SSSR count). The maximum atomic E-state index is 14.0. The van der Waals surface area contributed by atoms with Crippen LogP contribution in [0.3, 0.4) is 0 Å². The molecular weight excluding hydrogens is 372 g/mol. The number of halogens is 4. The van der Waals surface area contributed by atoms with Crippen molar-refractivity contribution >= 4 is 50.9 Å². The van der Waals surface area contributed by atoms with Crippen LogP contribution in [-0.4, -0.2) is 14.5 Å². The second-order valence-corrected chi connectivity index (χ2v) is 5.69. The maximum absolute atomic E-state index is 14.0. The molecule has 3 nitrogen and oxygen atoms in total. The van der Waals surface area contributed by atoms with Crippen LogP contribution < -0.4 is 0 Å². The third-order valence-corrected chi connectivity index (χ3v) is 3.82. The Morgan fingerprint density at radius 1 is 1.25 bits per heavy atom. The van der Waals surface area contributed by atoms with Crippen molar-refractivity contribution < 1.29 is 8.78 Å². The number of nitrogens with one attached hydrogen (secondary N) is 1. The van der Waals surface area contributed by atoms with E-state index in [1.54, 1.807) is 6.07 Å². The standard InChI is InChI=1S/C12H5BrClF2N3S/c13-6-2-10(8(16)3-7(6)15)19-11-9(18-12(19)20)1-5(14)4-17-11/h1-4H,(H,18,20). The lowest BCUT2D eigenvalue weighted by molar-refractivity contribution is 0.574. The van der Waals surface area contributed by atoms with Crippen LogP contribution in [0.2, 0.25) is 5.02 Å². The lowest BCUT2D eigenvalue weighted by Crippen LogP contribution is -2.00. The zero-order chi connectivity index (χ0) is 14.4. The van der Waals surface area contributed by atoms with Gasteiger partial charge in [-0.3, -0.25) is 4.57 Å². The summed E-state index contributed by atoms with van der Waals surface area (Å²) in [6.45, 7) is 0.